The SMILES string of the molecule is CN=C(NCCc1csc(N2CCCC2)n1)N1CCC(OCC2CCCC2)CC1. The Hall–Kier alpha value is -1.34. The van der Waals surface area contributed by atoms with Crippen molar-refractivity contribution in [2.75, 3.05) is 51.3 Å². The van der Waals surface area contributed by atoms with E-state index in [1.807, 2.05) is 7.05 Å². The van der Waals surface area contributed by atoms with Crippen LogP contribution < -0.4 is 10.2 Å². The quantitative estimate of drug-likeness (QED) is 0.541. The molecule has 1 saturated carbocycles. The van der Waals surface area contributed by atoms with Crippen LogP contribution in [0.4, 0.5) is 5.13 Å². The molecule has 0 spiro atoms. The van der Waals surface area contributed by atoms with Crippen LogP contribution in [0.25, 0.3) is 0 Å². The minimum absolute atomic E-state index is 0.434. The maximum Gasteiger partial charge on any atom is 0.193 e. The predicted molar refractivity (Wildman–Crippen MR) is 121 cm³/mol. The normalized spacial score (nSPS) is 22.0. The smallest absolute Gasteiger partial charge is 0.193 e. The highest BCUT2D eigenvalue weighted by Crippen LogP contribution is 2.26. The summed E-state index contributed by atoms with van der Waals surface area (Å²) in [4.78, 5) is 14.1. The van der Waals surface area contributed by atoms with E-state index in [4.69, 9.17) is 9.72 Å². The number of hydrogen-bond donors (Lipinski definition) is 1. The van der Waals surface area contributed by atoms with Crippen LogP contribution in [0.5, 0.6) is 0 Å². The fraction of sp³-hybridized carbons (Fsp3) is 0.818. The van der Waals surface area contributed by atoms with Crippen LogP contribution in [-0.4, -0.2) is 68.3 Å². The van der Waals surface area contributed by atoms with E-state index in [0.29, 0.717) is 6.10 Å². The molecule has 0 aromatic carbocycles. The molecule has 0 radical (unpaired) electrons. The first kappa shape index (κ1) is 20.9. The van der Waals surface area contributed by atoms with E-state index in [9.17, 15) is 0 Å². The topological polar surface area (TPSA) is 53.0 Å². The summed E-state index contributed by atoms with van der Waals surface area (Å²) in [5, 5.41) is 6.95. The van der Waals surface area contributed by atoms with Crippen molar-refractivity contribution in [1.82, 2.24) is 15.2 Å². The average molecular weight is 420 g/mol. The van der Waals surface area contributed by atoms with Gasteiger partial charge >= 0.3 is 0 Å². The predicted octanol–water partition coefficient (Wildman–Crippen LogP) is 3.53. The van der Waals surface area contributed by atoms with E-state index < -0.39 is 0 Å². The second-order valence-corrected chi connectivity index (χ2v) is 9.55. The number of guanidine groups is 1. The van der Waals surface area contributed by atoms with E-state index in [1.165, 1.54) is 49.4 Å². The second-order valence-electron chi connectivity index (χ2n) is 8.71. The highest BCUT2D eigenvalue weighted by Gasteiger charge is 2.24. The zero-order chi connectivity index (χ0) is 19.9. The summed E-state index contributed by atoms with van der Waals surface area (Å²) in [6, 6.07) is 0. The number of anilines is 1. The van der Waals surface area contributed by atoms with Gasteiger partial charge in [-0.05, 0) is 44.4 Å². The number of likely N-dealkylation sites (tertiary alicyclic amines) is 1. The third-order valence-electron chi connectivity index (χ3n) is 6.58. The number of piperidine rings is 1. The van der Waals surface area contributed by atoms with Gasteiger partial charge in [-0.3, -0.25) is 4.99 Å². The molecule has 1 aromatic heterocycles. The molecule has 2 aliphatic heterocycles. The van der Waals surface area contributed by atoms with Crippen LogP contribution in [0.2, 0.25) is 0 Å². The summed E-state index contributed by atoms with van der Waals surface area (Å²) in [6.07, 6.45) is 11.7. The number of aromatic nitrogens is 1. The first-order chi connectivity index (χ1) is 14.3. The molecule has 0 amide bonds. The van der Waals surface area contributed by atoms with Gasteiger partial charge in [-0.2, -0.15) is 0 Å². The Labute approximate surface area is 179 Å². The third-order valence-corrected chi connectivity index (χ3v) is 7.53. The number of nitrogens with one attached hydrogen (secondary N) is 1. The molecular formula is C22H37N5OS. The molecular weight excluding hydrogens is 382 g/mol. The summed E-state index contributed by atoms with van der Waals surface area (Å²) in [5.41, 5.74) is 1.19. The molecule has 2 saturated heterocycles. The molecule has 1 aromatic rings. The Morgan fingerprint density at radius 3 is 2.62 bits per heavy atom. The summed E-state index contributed by atoms with van der Waals surface area (Å²) in [5.74, 6) is 1.84. The fourth-order valence-electron chi connectivity index (χ4n) is 4.78. The maximum absolute atomic E-state index is 6.21. The molecule has 3 heterocycles. The first-order valence-corrected chi connectivity index (χ1v) is 12.5. The standard InChI is InChI=1S/C22H37N5OS/c1-23-21(24-11-8-19-17-29-22(25-19)27-12-4-5-13-27)26-14-9-20(10-15-26)28-16-18-6-2-3-7-18/h17-18,20H,2-16H2,1H3,(H,23,24). The number of nitrogens with zero attached hydrogens (tertiary/aromatic N) is 4. The van der Waals surface area contributed by atoms with Crippen molar-refractivity contribution in [1.29, 1.82) is 0 Å². The Bertz CT molecular complexity index is 643. The van der Waals surface area contributed by atoms with E-state index in [1.54, 1.807) is 11.3 Å². The van der Waals surface area contributed by atoms with Gasteiger partial charge in [0.15, 0.2) is 11.1 Å². The minimum Gasteiger partial charge on any atom is -0.378 e. The first-order valence-electron chi connectivity index (χ1n) is 11.6. The van der Waals surface area contributed by atoms with Gasteiger partial charge in [0.2, 0.25) is 0 Å². The van der Waals surface area contributed by atoms with Gasteiger partial charge in [-0.15, -0.1) is 11.3 Å². The molecule has 3 aliphatic rings. The minimum atomic E-state index is 0.434. The van der Waals surface area contributed by atoms with Gasteiger partial charge in [-0.1, -0.05) is 12.8 Å². The Morgan fingerprint density at radius 1 is 1.14 bits per heavy atom. The average Bonchev–Trinajstić information content (AvgIpc) is 3.52. The molecule has 6 nitrogen and oxygen atoms in total. The van der Waals surface area contributed by atoms with Crippen molar-refractivity contribution in [3.05, 3.63) is 11.1 Å². The highest BCUT2D eigenvalue weighted by molar-refractivity contribution is 7.13. The van der Waals surface area contributed by atoms with Gasteiger partial charge in [0, 0.05) is 58.2 Å². The molecule has 0 atom stereocenters. The number of hydrogen-bond acceptors (Lipinski definition) is 5. The van der Waals surface area contributed by atoms with E-state index in [0.717, 1.165) is 70.5 Å². The number of thiazole rings is 1. The lowest BCUT2D eigenvalue weighted by Crippen LogP contribution is -2.47. The zero-order valence-electron chi connectivity index (χ0n) is 17.9. The second kappa shape index (κ2) is 10.6. The molecule has 7 heteroatoms. The van der Waals surface area contributed by atoms with E-state index in [2.05, 4.69) is 25.5 Å². The Morgan fingerprint density at radius 2 is 1.90 bits per heavy atom. The molecule has 0 bridgehead atoms. The number of ether oxygens (including phenoxy) is 1. The summed E-state index contributed by atoms with van der Waals surface area (Å²) < 4.78 is 6.21. The van der Waals surface area contributed by atoms with Crippen LogP contribution in [0, 0.1) is 5.92 Å². The Kier molecular flexibility index (Phi) is 7.66. The van der Waals surface area contributed by atoms with Crippen LogP contribution in [0.3, 0.4) is 0 Å². The number of rotatable bonds is 7. The molecule has 4 rings (SSSR count). The molecule has 162 valence electrons. The highest BCUT2D eigenvalue weighted by atomic mass is 32.1. The van der Waals surface area contributed by atoms with Crippen LogP contribution >= 0.6 is 11.3 Å². The molecule has 1 aliphatic carbocycles. The van der Waals surface area contributed by atoms with E-state index >= 15 is 0 Å². The van der Waals surface area contributed by atoms with Gasteiger partial charge in [0.25, 0.3) is 0 Å². The van der Waals surface area contributed by atoms with Crippen LogP contribution in [-0.2, 0) is 11.2 Å². The van der Waals surface area contributed by atoms with Crippen molar-refractivity contribution in [3.63, 3.8) is 0 Å². The summed E-state index contributed by atoms with van der Waals surface area (Å²) >= 11 is 1.79. The lowest BCUT2D eigenvalue weighted by molar-refractivity contribution is 0.00103. The van der Waals surface area contributed by atoms with Crippen LogP contribution in [0.15, 0.2) is 10.4 Å². The molecule has 0 unspecified atom stereocenters. The summed E-state index contributed by atoms with van der Waals surface area (Å²) in [6.45, 7) is 6.25. The lowest BCUT2D eigenvalue weighted by atomic mass is 10.1. The number of aliphatic imine (C=N–C) groups is 1. The van der Waals surface area contributed by atoms with Gasteiger partial charge < -0.3 is 19.9 Å². The Balaban J connectivity index is 1.15. The van der Waals surface area contributed by atoms with Gasteiger partial charge in [-0.25, -0.2) is 4.98 Å². The lowest BCUT2D eigenvalue weighted by Gasteiger charge is -2.34. The van der Waals surface area contributed by atoms with Crippen molar-refractivity contribution in [2.45, 2.75) is 63.9 Å². The van der Waals surface area contributed by atoms with Gasteiger partial charge in [0.05, 0.1) is 11.8 Å². The maximum atomic E-state index is 6.21. The summed E-state index contributed by atoms with van der Waals surface area (Å²) in [7, 11) is 1.89. The van der Waals surface area contributed by atoms with Crippen molar-refractivity contribution in [2.24, 2.45) is 10.9 Å². The monoisotopic (exact) mass is 419 g/mol. The van der Waals surface area contributed by atoms with E-state index in [-0.39, 0.29) is 0 Å². The van der Waals surface area contributed by atoms with Gasteiger partial charge in [0.1, 0.15) is 0 Å². The van der Waals surface area contributed by atoms with Crippen molar-refractivity contribution in [3.8, 4) is 0 Å². The molecule has 1 N–H and O–H groups in total. The zero-order valence-corrected chi connectivity index (χ0v) is 18.8. The fourth-order valence-corrected chi connectivity index (χ4v) is 5.70. The van der Waals surface area contributed by atoms with Crippen molar-refractivity contribution >= 4 is 22.4 Å². The van der Waals surface area contributed by atoms with Crippen molar-refractivity contribution < 1.29 is 4.74 Å². The third kappa shape index (κ3) is 5.85. The van der Waals surface area contributed by atoms with Crippen LogP contribution in [0.1, 0.15) is 57.1 Å². The molecule has 29 heavy (non-hydrogen) atoms. The molecule has 3 fully saturated rings. The largest absolute Gasteiger partial charge is 0.378 e.